The molecule has 1 saturated heterocycles. The molecule has 0 spiro atoms. The van der Waals surface area contributed by atoms with Gasteiger partial charge >= 0.3 is 0 Å². The number of hydrogen-bond donors (Lipinski definition) is 4. The van der Waals surface area contributed by atoms with Gasteiger partial charge in [-0.2, -0.15) is 0 Å². The van der Waals surface area contributed by atoms with Crippen molar-refractivity contribution in [2.75, 3.05) is 28.6 Å². The summed E-state index contributed by atoms with van der Waals surface area (Å²) in [4.78, 5) is 26.9. The number of aromatic amines is 1. The molecule has 0 bridgehead atoms. The third-order valence-electron chi connectivity index (χ3n) is 5.35. The van der Waals surface area contributed by atoms with Crippen molar-refractivity contribution in [2.24, 2.45) is 0 Å². The van der Waals surface area contributed by atoms with Gasteiger partial charge in [-0.15, -0.1) is 11.3 Å². The third-order valence-corrected chi connectivity index (χ3v) is 6.10. The second kappa shape index (κ2) is 8.37. The van der Waals surface area contributed by atoms with Crippen LogP contribution in [0.3, 0.4) is 0 Å². The number of para-hydroxylation sites is 2. The zero-order valence-electron chi connectivity index (χ0n) is 16.7. The fourth-order valence-corrected chi connectivity index (χ4v) is 4.43. The molecule has 0 atom stereocenters. The highest BCUT2D eigenvalue weighted by Crippen LogP contribution is 2.29. The number of anilines is 4. The predicted octanol–water partition coefficient (Wildman–Crippen LogP) is 3.98. The minimum absolute atomic E-state index is 0.243. The van der Waals surface area contributed by atoms with Crippen LogP contribution in [-0.2, 0) is 0 Å². The molecule has 1 aliphatic heterocycles. The first kappa shape index (κ1) is 19.5. The van der Waals surface area contributed by atoms with Crippen LogP contribution in [0.4, 0.5) is 22.2 Å². The Morgan fingerprint density at radius 3 is 2.94 bits per heavy atom. The number of carbonyl (C=O) groups excluding carboxylic acids is 1. The third kappa shape index (κ3) is 4.23. The number of H-pyrrole nitrogens is 1. The van der Waals surface area contributed by atoms with Crippen molar-refractivity contribution in [2.45, 2.75) is 18.9 Å². The van der Waals surface area contributed by atoms with Gasteiger partial charge in [0.15, 0.2) is 5.13 Å². The molecule has 1 aromatic carbocycles. The second-order valence-electron chi connectivity index (χ2n) is 7.49. The van der Waals surface area contributed by atoms with E-state index in [2.05, 4.69) is 30.5 Å². The largest absolute Gasteiger partial charge is 0.393 e. The normalized spacial score (nSPS) is 14.7. The SMILES string of the molecule is O=C(Nc1ccccc1N1CCC(O)CC1)c1csc(Nc2cnc3[nH]ccc3c2)n1. The molecular formula is C22H22N6O2S. The van der Waals surface area contributed by atoms with E-state index in [4.69, 9.17) is 0 Å². The Morgan fingerprint density at radius 1 is 1.23 bits per heavy atom. The highest BCUT2D eigenvalue weighted by atomic mass is 32.1. The Labute approximate surface area is 183 Å². The molecule has 5 rings (SSSR count). The summed E-state index contributed by atoms with van der Waals surface area (Å²) in [5.41, 5.74) is 3.69. The number of nitrogens with one attached hydrogen (secondary N) is 3. The number of rotatable bonds is 5. The van der Waals surface area contributed by atoms with E-state index in [0.29, 0.717) is 10.8 Å². The summed E-state index contributed by atoms with van der Waals surface area (Å²) in [5.74, 6) is -0.256. The Morgan fingerprint density at radius 2 is 2.06 bits per heavy atom. The molecule has 31 heavy (non-hydrogen) atoms. The van der Waals surface area contributed by atoms with E-state index in [1.165, 1.54) is 11.3 Å². The van der Waals surface area contributed by atoms with E-state index in [-0.39, 0.29) is 12.0 Å². The van der Waals surface area contributed by atoms with E-state index in [1.807, 2.05) is 42.6 Å². The van der Waals surface area contributed by atoms with Crippen molar-refractivity contribution in [3.05, 3.63) is 59.9 Å². The number of carbonyl (C=O) groups is 1. The molecule has 9 heteroatoms. The fraction of sp³-hybridized carbons (Fsp3) is 0.227. The smallest absolute Gasteiger partial charge is 0.275 e. The Hall–Kier alpha value is -3.43. The second-order valence-corrected chi connectivity index (χ2v) is 8.35. The highest BCUT2D eigenvalue weighted by molar-refractivity contribution is 7.14. The minimum Gasteiger partial charge on any atom is -0.393 e. The lowest BCUT2D eigenvalue weighted by molar-refractivity contribution is 0.102. The number of fused-ring (bicyclic) bond motifs is 1. The fourth-order valence-electron chi connectivity index (χ4n) is 3.72. The lowest BCUT2D eigenvalue weighted by Crippen LogP contribution is -2.36. The molecule has 0 saturated carbocycles. The number of nitrogens with zero attached hydrogens (tertiary/aromatic N) is 3. The van der Waals surface area contributed by atoms with Gasteiger partial charge in [0.25, 0.3) is 5.91 Å². The molecule has 8 nitrogen and oxygen atoms in total. The first-order chi connectivity index (χ1) is 15.2. The number of amides is 1. The summed E-state index contributed by atoms with van der Waals surface area (Å²) in [6.45, 7) is 1.52. The van der Waals surface area contributed by atoms with Crippen molar-refractivity contribution >= 4 is 50.5 Å². The quantitative estimate of drug-likeness (QED) is 0.379. The van der Waals surface area contributed by atoms with Crippen molar-refractivity contribution in [3.63, 3.8) is 0 Å². The van der Waals surface area contributed by atoms with Crippen LogP contribution in [0.15, 0.2) is 54.2 Å². The van der Waals surface area contributed by atoms with Crippen LogP contribution < -0.4 is 15.5 Å². The highest BCUT2D eigenvalue weighted by Gasteiger charge is 2.20. The van der Waals surface area contributed by atoms with Crippen molar-refractivity contribution in [1.82, 2.24) is 15.0 Å². The van der Waals surface area contributed by atoms with Gasteiger partial charge in [-0.1, -0.05) is 12.1 Å². The average molecular weight is 435 g/mol. The van der Waals surface area contributed by atoms with Crippen LogP contribution in [0.5, 0.6) is 0 Å². The molecular weight excluding hydrogens is 412 g/mol. The van der Waals surface area contributed by atoms with Gasteiger partial charge in [-0.05, 0) is 37.1 Å². The van der Waals surface area contributed by atoms with Crippen LogP contribution in [0, 0.1) is 0 Å². The van der Waals surface area contributed by atoms with Gasteiger partial charge in [0.05, 0.1) is 29.4 Å². The van der Waals surface area contributed by atoms with Gasteiger partial charge in [0.1, 0.15) is 11.3 Å². The van der Waals surface area contributed by atoms with Crippen molar-refractivity contribution in [3.8, 4) is 0 Å². The summed E-state index contributed by atoms with van der Waals surface area (Å²) < 4.78 is 0. The Kier molecular flexibility index (Phi) is 5.27. The van der Waals surface area contributed by atoms with Gasteiger partial charge < -0.3 is 25.6 Å². The molecule has 4 aromatic rings. The molecule has 4 N–H and O–H groups in total. The Balaban J connectivity index is 1.29. The van der Waals surface area contributed by atoms with E-state index < -0.39 is 0 Å². The number of hydrogen-bond acceptors (Lipinski definition) is 7. The molecule has 1 fully saturated rings. The predicted molar refractivity (Wildman–Crippen MR) is 123 cm³/mol. The monoisotopic (exact) mass is 434 g/mol. The number of piperidine rings is 1. The van der Waals surface area contributed by atoms with E-state index in [9.17, 15) is 9.90 Å². The molecule has 3 aromatic heterocycles. The molecule has 158 valence electrons. The van der Waals surface area contributed by atoms with Gasteiger partial charge in [-0.25, -0.2) is 9.97 Å². The van der Waals surface area contributed by atoms with Crippen molar-refractivity contribution in [1.29, 1.82) is 0 Å². The molecule has 0 unspecified atom stereocenters. The molecule has 0 aliphatic carbocycles. The summed E-state index contributed by atoms with van der Waals surface area (Å²) in [6.07, 6.45) is 4.79. The zero-order chi connectivity index (χ0) is 21.2. The maximum Gasteiger partial charge on any atom is 0.275 e. The number of aliphatic hydroxyl groups is 1. The summed E-state index contributed by atoms with van der Waals surface area (Å²) in [5, 5.41) is 19.3. The average Bonchev–Trinajstić information content (AvgIpc) is 3.44. The van der Waals surface area contributed by atoms with E-state index >= 15 is 0 Å². The first-order valence-electron chi connectivity index (χ1n) is 10.1. The lowest BCUT2D eigenvalue weighted by atomic mass is 10.1. The summed E-state index contributed by atoms with van der Waals surface area (Å²) >= 11 is 1.37. The van der Waals surface area contributed by atoms with Crippen LogP contribution >= 0.6 is 11.3 Å². The molecule has 4 heterocycles. The molecule has 1 aliphatic rings. The first-order valence-corrected chi connectivity index (χ1v) is 11.0. The van der Waals surface area contributed by atoms with Crippen molar-refractivity contribution < 1.29 is 9.90 Å². The van der Waals surface area contributed by atoms with E-state index in [0.717, 1.165) is 54.0 Å². The zero-order valence-corrected chi connectivity index (χ0v) is 17.5. The molecule has 1 amide bonds. The van der Waals surface area contributed by atoms with Gasteiger partial charge in [0.2, 0.25) is 0 Å². The van der Waals surface area contributed by atoms with Crippen LogP contribution in [0.2, 0.25) is 0 Å². The summed E-state index contributed by atoms with van der Waals surface area (Å²) in [6, 6.07) is 11.7. The number of benzene rings is 1. The maximum absolute atomic E-state index is 12.8. The summed E-state index contributed by atoms with van der Waals surface area (Å²) in [7, 11) is 0. The van der Waals surface area contributed by atoms with E-state index in [1.54, 1.807) is 11.6 Å². The number of thiazole rings is 1. The number of aromatic nitrogens is 3. The van der Waals surface area contributed by atoms with Crippen LogP contribution in [0.25, 0.3) is 11.0 Å². The van der Waals surface area contributed by atoms with Crippen LogP contribution in [0.1, 0.15) is 23.3 Å². The topological polar surface area (TPSA) is 106 Å². The van der Waals surface area contributed by atoms with Crippen LogP contribution in [-0.4, -0.2) is 45.2 Å². The Bertz CT molecular complexity index is 1210. The standard InChI is InChI=1S/C22H22N6O2S/c29-16-6-9-28(10-7-16)19-4-2-1-3-17(19)26-21(30)18-13-31-22(27-18)25-15-11-14-5-8-23-20(14)24-12-15/h1-5,8,11-13,16,29H,6-7,9-10H2,(H,23,24)(H,25,27)(H,26,30). The lowest BCUT2D eigenvalue weighted by Gasteiger charge is -2.32. The van der Waals surface area contributed by atoms with Gasteiger partial charge in [0, 0.05) is 30.1 Å². The minimum atomic E-state index is -0.256. The molecule has 0 radical (unpaired) electrons. The van der Waals surface area contributed by atoms with Gasteiger partial charge in [-0.3, -0.25) is 4.79 Å². The maximum atomic E-state index is 12.8. The number of pyridine rings is 1. The number of aliphatic hydroxyl groups excluding tert-OH is 1.